The molecule has 3 nitrogen and oxygen atoms in total. The standard InChI is InChI=1S/C18H20N2O/c1-21-18-10-14-11-20-7-6-12-4-2-3-5-15(12)17(20)9-13(14)8-16(18)19/h2-5,8,10,17H,6-7,9,11,19H2,1H3/t17-/m0/s1. The van der Waals surface area contributed by atoms with Gasteiger partial charge in [-0.2, -0.15) is 0 Å². The Labute approximate surface area is 125 Å². The van der Waals surface area contributed by atoms with E-state index in [1.807, 2.05) is 0 Å². The summed E-state index contributed by atoms with van der Waals surface area (Å²) < 4.78 is 5.36. The smallest absolute Gasteiger partial charge is 0.142 e. The van der Waals surface area contributed by atoms with E-state index in [0.29, 0.717) is 6.04 Å². The van der Waals surface area contributed by atoms with Crippen LogP contribution >= 0.6 is 0 Å². The molecule has 4 rings (SSSR count). The molecule has 21 heavy (non-hydrogen) atoms. The van der Waals surface area contributed by atoms with Crippen molar-refractivity contribution in [3.05, 3.63) is 58.7 Å². The third-order valence-corrected chi connectivity index (χ3v) is 4.86. The van der Waals surface area contributed by atoms with Crippen LogP contribution in [0.3, 0.4) is 0 Å². The summed E-state index contributed by atoms with van der Waals surface area (Å²) in [5.41, 5.74) is 12.5. The lowest BCUT2D eigenvalue weighted by atomic mass is 9.84. The third-order valence-electron chi connectivity index (χ3n) is 4.86. The highest BCUT2D eigenvalue weighted by molar-refractivity contribution is 5.58. The molecule has 0 aliphatic carbocycles. The number of nitrogen functional groups attached to an aromatic ring is 1. The van der Waals surface area contributed by atoms with Crippen LogP contribution in [-0.4, -0.2) is 18.6 Å². The SMILES string of the molecule is COc1cc2c(cc1N)C[C@H]1c3ccccc3CCN1C2. The van der Waals surface area contributed by atoms with Crippen molar-refractivity contribution in [2.45, 2.75) is 25.4 Å². The first-order valence-electron chi connectivity index (χ1n) is 7.53. The maximum Gasteiger partial charge on any atom is 0.142 e. The second kappa shape index (κ2) is 4.78. The van der Waals surface area contributed by atoms with Crippen LogP contribution in [-0.2, 0) is 19.4 Å². The number of nitrogens with two attached hydrogens (primary N) is 1. The average molecular weight is 280 g/mol. The number of methoxy groups -OCH3 is 1. The molecule has 0 radical (unpaired) electrons. The Balaban J connectivity index is 1.76. The summed E-state index contributed by atoms with van der Waals surface area (Å²) in [6.07, 6.45) is 2.19. The number of benzene rings is 2. The lowest BCUT2D eigenvalue weighted by molar-refractivity contribution is 0.161. The fraction of sp³-hybridized carbons (Fsp3) is 0.333. The predicted molar refractivity (Wildman–Crippen MR) is 84.4 cm³/mol. The summed E-state index contributed by atoms with van der Waals surface area (Å²) in [6, 6.07) is 13.6. The molecule has 2 aromatic rings. The molecule has 0 aromatic heterocycles. The van der Waals surface area contributed by atoms with Gasteiger partial charge in [0.15, 0.2) is 0 Å². The fourth-order valence-corrected chi connectivity index (χ4v) is 3.76. The summed E-state index contributed by atoms with van der Waals surface area (Å²) in [5, 5.41) is 0. The van der Waals surface area contributed by atoms with Crippen LogP contribution in [0.25, 0.3) is 0 Å². The number of anilines is 1. The molecule has 2 aliphatic heterocycles. The van der Waals surface area contributed by atoms with Gasteiger partial charge in [-0.3, -0.25) is 4.90 Å². The van der Waals surface area contributed by atoms with Crippen molar-refractivity contribution in [2.24, 2.45) is 0 Å². The molecule has 0 amide bonds. The Morgan fingerprint density at radius 2 is 2.00 bits per heavy atom. The normalized spacial score (nSPS) is 20.3. The predicted octanol–water partition coefficient (Wildman–Crippen LogP) is 2.93. The minimum absolute atomic E-state index is 0.496. The van der Waals surface area contributed by atoms with Crippen molar-refractivity contribution in [2.75, 3.05) is 19.4 Å². The number of hydrogen-bond acceptors (Lipinski definition) is 3. The first-order chi connectivity index (χ1) is 10.3. The van der Waals surface area contributed by atoms with Gasteiger partial charge in [-0.05, 0) is 47.2 Å². The number of fused-ring (bicyclic) bond motifs is 4. The van der Waals surface area contributed by atoms with Crippen LogP contribution in [0.1, 0.15) is 28.3 Å². The van der Waals surface area contributed by atoms with E-state index in [1.165, 1.54) is 22.3 Å². The molecule has 0 bridgehead atoms. The van der Waals surface area contributed by atoms with E-state index in [9.17, 15) is 0 Å². The summed E-state index contributed by atoms with van der Waals surface area (Å²) >= 11 is 0. The van der Waals surface area contributed by atoms with E-state index in [1.54, 1.807) is 7.11 Å². The highest BCUT2D eigenvalue weighted by atomic mass is 16.5. The molecule has 2 N–H and O–H groups in total. The monoisotopic (exact) mass is 280 g/mol. The van der Waals surface area contributed by atoms with Crippen molar-refractivity contribution in [3.8, 4) is 5.75 Å². The topological polar surface area (TPSA) is 38.5 Å². The van der Waals surface area contributed by atoms with Crippen molar-refractivity contribution in [3.63, 3.8) is 0 Å². The molecule has 0 fully saturated rings. The Kier molecular flexibility index (Phi) is 2.89. The van der Waals surface area contributed by atoms with Gasteiger partial charge in [0.2, 0.25) is 0 Å². The van der Waals surface area contributed by atoms with Gasteiger partial charge in [0.05, 0.1) is 12.8 Å². The molecule has 0 spiro atoms. The Hall–Kier alpha value is -2.00. The summed E-state index contributed by atoms with van der Waals surface area (Å²) in [6.45, 7) is 2.12. The number of rotatable bonds is 1. The summed E-state index contributed by atoms with van der Waals surface area (Å²) in [4.78, 5) is 2.58. The third kappa shape index (κ3) is 2.00. The van der Waals surface area contributed by atoms with E-state index < -0.39 is 0 Å². The van der Waals surface area contributed by atoms with Gasteiger partial charge in [0.25, 0.3) is 0 Å². The minimum Gasteiger partial charge on any atom is -0.495 e. The zero-order valence-electron chi connectivity index (χ0n) is 12.3. The van der Waals surface area contributed by atoms with E-state index in [0.717, 1.165) is 37.4 Å². The number of nitrogens with zero attached hydrogens (tertiary/aromatic N) is 1. The maximum absolute atomic E-state index is 6.08. The zero-order valence-corrected chi connectivity index (χ0v) is 12.3. The second-order valence-corrected chi connectivity index (χ2v) is 6.00. The van der Waals surface area contributed by atoms with Crippen LogP contribution < -0.4 is 10.5 Å². The quantitative estimate of drug-likeness (QED) is 0.816. The van der Waals surface area contributed by atoms with Gasteiger partial charge in [-0.15, -0.1) is 0 Å². The second-order valence-electron chi connectivity index (χ2n) is 6.00. The van der Waals surface area contributed by atoms with Gasteiger partial charge in [0.1, 0.15) is 5.75 Å². The molecule has 3 heteroatoms. The van der Waals surface area contributed by atoms with E-state index in [2.05, 4.69) is 41.3 Å². The van der Waals surface area contributed by atoms with Crippen molar-refractivity contribution in [1.29, 1.82) is 0 Å². The molecule has 0 saturated carbocycles. The number of hydrogen-bond donors (Lipinski definition) is 1. The molecule has 2 heterocycles. The first kappa shape index (κ1) is 12.7. The van der Waals surface area contributed by atoms with Crippen molar-refractivity contribution >= 4 is 5.69 Å². The molecule has 2 aromatic carbocycles. The van der Waals surface area contributed by atoms with Gasteiger partial charge in [0, 0.05) is 19.1 Å². The van der Waals surface area contributed by atoms with Crippen LogP contribution in [0.2, 0.25) is 0 Å². The average Bonchev–Trinajstić information content (AvgIpc) is 2.52. The molecular weight excluding hydrogens is 260 g/mol. The first-order valence-corrected chi connectivity index (χ1v) is 7.53. The summed E-state index contributed by atoms with van der Waals surface area (Å²) in [7, 11) is 1.68. The van der Waals surface area contributed by atoms with E-state index >= 15 is 0 Å². The largest absolute Gasteiger partial charge is 0.495 e. The fourth-order valence-electron chi connectivity index (χ4n) is 3.76. The number of ether oxygens (including phenoxy) is 1. The molecule has 108 valence electrons. The summed E-state index contributed by atoms with van der Waals surface area (Å²) in [5.74, 6) is 0.796. The Bertz CT molecular complexity index is 696. The van der Waals surface area contributed by atoms with Crippen LogP contribution in [0, 0.1) is 0 Å². The van der Waals surface area contributed by atoms with Crippen LogP contribution in [0.4, 0.5) is 5.69 Å². The molecule has 0 saturated heterocycles. The minimum atomic E-state index is 0.496. The Morgan fingerprint density at radius 1 is 1.14 bits per heavy atom. The van der Waals surface area contributed by atoms with Crippen molar-refractivity contribution in [1.82, 2.24) is 4.90 Å². The molecule has 0 unspecified atom stereocenters. The van der Waals surface area contributed by atoms with Gasteiger partial charge >= 0.3 is 0 Å². The van der Waals surface area contributed by atoms with E-state index in [4.69, 9.17) is 10.5 Å². The van der Waals surface area contributed by atoms with Gasteiger partial charge in [-0.1, -0.05) is 24.3 Å². The molecular formula is C18H20N2O. The lowest BCUT2D eigenvalue weighted by Crippen LogP contribution is -2.39. The molecule has 2 aliphatic rings. The lowest BCUT2D eigenvalue weighted by Gasteiger charge is -2.41. The zero-order chi connectivity index (χ0) is 14.4. The maximum atomic E-state index is 6.08. The highest BCUT2D eigenvalue weighted by Crippen LogP contribution is 2.40. The van der Waals surface area contributed by atoms with Gasteiger partial charge in [-0.25, -0.2) is 0 Å². The van der Waals surface area contributed by atoms with E-state index in [-0.39, 0.29) is 0 Å². The van der Waals surface area contributed by atoms with Crippen molar-refractivity contribution < 1.29 is 4.74 Å². The van der Waals surface area contributed by atoms with Crippen LogP contribution in [0.5, 0.6) is 5.75 Å². The van der Waals surface area contributed by atoms with Crippen LogP contribution in [0.15, 0.2) is 36.4 Å². The Morgan fingerprint density at radius 3 is 2.86 bits per heavy atom. The van der Waals surface area contributed by atoms with Gasteiger partial charge < -0.3 is 10.5 Å². The highest BCUT2D eigenvalue weighted by Gasteiger charge is 2.32. The molecule has 1 atom stereocenters.